The summed E-state index contributed by atoms with van der Waals surface area (Å²) in [6, 6.07) is 14.6. The predicted molar refractivity (Wildman–Crippen MR) is 112 cm³/mol. The van der Waals surface area contributed by atoms with Crippen LogP contribution < -0.4 is 5.32 Å². The van der Waals surface area contributed by atoms with Crippen molar-refractivity contribution in [1.82, 2.24) is 19.7 Å². The molecule has 142 valence electrons. The van der Waals surface area contributed by atoms with Gasteiger partial charge in [0.25, 0.3) is 0 Å². The molecular formula is C20H19N5O2S. The number of rotatable bonds is 6. The van der Waals surface area contributed by atoms with Crippen LogP contribution in [-0.4, -0.2) is 43.6 Å². The van der Waals surface area contributed by atoms with Crippen molar-refractivity contribution in [2.75, 3.05) is 18.1 Å². The van der Waals surface area contributed by atoms with Crippen LogP contribution in [0, 0.1) is 0 Å². The molecule has 0 saturated heterocycles. The number of aliphatic carboxylic acids is 1. The van der Waals surface area contributed by atoms with Crippen molar-refractivity contribution < 1.29 is 9.90 Å². The van der Waals surface area contributed by atoms with Crippen molar-refractivity contribution >= 4 is 34.3 Å². The van der Waals surface area contributed by atoms with Gasteiger partial charge in [0, 0.05) is 37.1 Å². The molecule has 4 aromatic rings. The second kappa shape index (κ2) is 7.40. The Kier molecular flexibility index (Phi) is 4.79. The number of thioether (sulfide) groups is 1. The summed E-state index contributed by atoms with van der Waals surface area (Å²) in [5, 5.41) is 21.9. The molecule has 0 aliphatic carbocycles. The average molecular weight is 393 g/mol. The number of hydrogen-bond donors (Lipinski definition) is 3. The summed E-state index contributed by atoms with van der Waals surface area (Å²) < 4.78 is 2.10. The molecule has 2 aromatic carbocycles. The Hall–Kier alpha value is -3.26. The molecule has 28 heavy (non-hydrogen) atoms. The van der Waals surface area contributed by atoms with Crippen molar-refractivity contribution in [3.63, 3.8) is 0 Å². The van der Waals surface area contributed by atoms with Gasteiger partial charge in [-0.1, -0.05) is 23.9 Å². The molecule has 0 unspecified atom stereocenters. The van der Waals surface area contributed by atoms with E-state index in [2.05, 4.69) is 67.7 Å². The fourth-order valence-electron chi connectivity index (χ4n) is 3.09. The minimum atomic E-state index is -0.890. The summed E-state index contributed by atoms with van der Waals surface area (Å²) in [7, 11) is 3.91. The van der Waals surface area contributed by atoms with Crippen LogP contribution in [0.15, 0.2) is 53.8 Å². The van der Waals surface area contributed by atoms with Gasteiger partial charge in [-0.15, -0.1) is 10.2 Å². The molecule has 0 aliphatic heterocycles. The lowest BCUT2D eigenvalue weighted by Gasteiger charge is -2.09. The van der Waals surface area contributed by atoms with E-state index in [9.17, 15) is 4.79 Å². The number of nitrogens with one attached hydrogen (secondary N) is 2. The summed E-state index contributed by atoms with van der Waals surface area (Å²) in [5.41, 5.74) is 5.16. The quantitative estimate of drug-likeness (QED) is 0.431. The smallest absolute Gasteiger partial charge is 0.313 e. The van der Waals surface area contributed by atoms with E-state index in [0.717, 1.165) is 34.1 Å². The third-order valence-corrected chi connectivity index (χ3v) is 5.36. The molecular weight excluding hydrogens is 374 g/mol. The topological polar surface area (TPSA) is 95.8 Å². The number of aryl methyl sites for hydroxylation is 1. The number of fused-ring (bicyclic) bond motifs is 1. The van der Waals surface area contributed by atoms with Crippen LogP contribution in [-0.2, 0) is 11.8 Å². The van der Waals surface area contributed by atoms with E-state index in [4.69, 9.17) is 5.11 Å². The highest BCUT2D eigenvalue weighted by atomic mass is 32.2. The maximum absolute atomic E-state index is 10.7. The van der Waals surface area contributed by atoms with Crippen LogP contribution in [0.2, 0.25) is 0 Å². The van der Waals surface area contributed by atoms with E-state index in [0.29, 0.717) is 11.0 Å². The van der Waals surface area contributed by atoms with Gasteiger partial charge in [0.05, 0.1) is 5.75 Å². The molecule has 2 aromatic heterocycles. The molecule has 0 atom stereocenters. The highest BCUT2D eigenvalue weighted by molar-refractivity contribution is 7.99. The third-order valence-electron chi connectivity index (χ3n) is 4.52. The fraction of sp³-hybridized carbons (Fsp3) is 0.150. The first kappa shape index (κ1) is 18.1. The molecule has 8 heteroatoms. The molecule has 4 rings (SSSR count). The van der Waals surface area contributed by atoms with Crippen LogP contribution in [0.4, 0.5) is 5.69 Å². The summed E-state index contributed by atoms with van der Waals surface area (Å²) >= 11 is 1.11. The Morgan fingerprint density at radius 1 is 1.14 bits per heavy atom. The predicted octanol–water partition coefficient (Wildman–Crippen LogP) is 3.85. The van der Waals surface area contributed by atoms with Crippen molar-refractivity contribution in [2.45, 2.75) is 5.16 Å². The normalized spacial score (nSPS) is 11.1. The first-order valence-electron chi connectivity index (χ1n) is 8.69. The molecule has 0 spiro atoms. The van der Waals surface area contributed by atoms with Gasteiger partial charge in [0.2, 0.25) is 0 Å². The number of carbonyl (C=O) groups is 1. The lowest BCUT2D eigenvalue weighted by atomic mass is 10.0. The summed E-state index contributed by atoms with van der Waals surface area (Å²) in [6.45, 7) is 0. The van der Waals surface area contributed by atoms with Crippen LogP contribution >= 0.6 is 11.8 Å². The fourth-order valence-corrected chi connectivity index (χ4v) is 3.62. The Bertz CT molecular complexity index is 1160. The largest absolute Gasteiger partial charge is 0.481 e. The zero-order valence-electron chi connectivity index (χ0n) is 15.4. The van der Waals surface area contributed by atoms with Crippen LogP contribution in [0.5, 0.6) is 0 Å². The van der Waals surface area contributed by atoms with Gasteiger partial charge in [-0.05, 0) is 46.8 Å². The van der Waals surface area contributed by atoms with Crippen LogP contribution in [0.1, 0.15) is 0 Å². The van der Waals surface area contributed by atoms with Crippen molar-refractivity contribution in [3.05, 3.63) is 48.7 Å². The molecule has 3 N–H and O–H groups in total. The van der Waals surface area contributed by atoms with Crippen molar-refractivity contribution in [3.8, 4) is 22.5 Å². The van der Waals surface area contributed by atoms with Gasteiger partial charge in [-0.25, -0.2) is 0 Å². The van der Waals surface area contributed by atoms with Crippen molar-refractivity contribution in [1.29, 1.82) is 0 Å². The molecule has 2 heterocycles. The van der Waals surface area contributed by atoms with E-state index in [1.54, 1.807) is 0 Å². The number of carboxylic acid groups (broad SMARTS) is 1. The standard InChI is InChI=1S/C20H19N5O2S/c1-21-16-8-14(13-4-3-12-5-6-25(2)17(12)10-13)7-15(9-16)19-22-20(24-23-19)28-11-18(26)27/h3-10,21H,11H2,1-2H3,(H,26,27)(H,22,23,24). The highest BCUT2D eigenvalue weighted by Gasteiger charge is 2.11. The number of anilines is 1. The lowest BCUT2D eigenvalue weighted by Crippen LogP contribution is -1.97. The Balaban J connectivity index is 1.73. The van der Waals surface area contributed by atoms with Crippen molar-refractivity contribution in [2.24, 2.45) is 7.05 Å². The SMILES string of the molecule is CNc1cc(-c2ccc3ccn(C)c3c2)cc(-c2nnc(SCC(=O)O)[nH]2)c1. The minimum absolute atomic E-state index is 0.0624. The number of aromatic nitrogens is 4. The van der Waals surface area contributed by atoms with Gasteiger partial charge in [-0.2, -0.15) is 0 Å². The van der Waals surface area contributed by atoms with Gasteiger partial charge in [-0.3, -0.25) is 4.79 Å². The number of H-pyrrole nitrogens is 1. The molecule has 0 radical (unpaired) electrons. The number of nitrogens with zero attached hydrogens (tertiary/aromatic N) is 3. The van der Waals surface area contributed by atoms with Gasteiger partial charge >= 0.3 is 5.97 Å². The second-order valence-electron chi connectivity index (χ2n) is 6.41. The van der Waals surface area contributed by atoms with Gasteiger partial charge in [0.15, 0.2) is 11.0 Å². The maximum atomic E-state index is 10.7. The number of hydrogen-bond acceptors (Lipinski definition) is 5. The average Bonchev–Trinajstić information content (AvgIpc) is 3.33. The molecule has 0 amide bonds. The first-order chi connectivity index (χ1) is 13.5. The van der Waals surface area contributed by atoms with E-state index < -0.39 is 5.97 Å². The summed E-state index contributed by atoms with van der Waals surface area (Å²) in [6.07, 6.45) is 2.05. The maximum Gasteiger partial charge on any atom is 0.313 e. The number of aromatic amines is 1. The molecule has 0 fully saturated rings. The van der Waals surface area contributed by atoms with Gasteiger partial charge < -0.3 is 20.0 Å². The molecule has 0 aliphatic rings. The zero-order valence-corrected chi connectivity index (χ0v) is 16.2. The minimum Gasteiger partial charge on any atom is -0.481 e. The molecule has 0 saturated carbocycles. The number of benzene rings is 2. The third kappa shape index (κ3) is 3.59. The van der Waals surface area contributed by atoms with Crippen LogP contribution in [0.25, 0.3) is 33.4 Å². The number of carboxylic acids is 1. The molecule has 7 nitrogen and oxygen atoms in total. The van der Waals surface area contributed by atoms with Crippen LogP contribution in [0.3, 0.4) is 0 Å². The lowest BCUT2D eigenvalue weighted by molar-refractivity contribution is -0.133. The van der Waals surface area contributed by atoms with E-state index in [1.807, 2.05) is 20.2 Å². The summed E-state index contributed by atoms with van der Waals surface area (Å²) in [5.74, 6) is -0.350. The van der Waals surface area contributed by atoms with Gasteiger partial charge in [0.1, 0.15) is 0 Å². The van der Waals surface area contributed by atoms with E-state index in [-0.39, 0.29) is 5.75 Å². The highest BCUT2D eigenvalue weighted by Crippen LogP contribution is 2.31. The summed E-state index contributed by atoms with van der Waals surface area (Å²) in [4.78, 5) is 13.8. The van der Waals surface area contributed by atoms with E-state index >= 15 is 0 Å². The molecule has 0 bridgehead atoms. The second-order valence-corrected chi connectivity index (χ2v) is 7.37. The Labute approximate surface area is 165 Å². The first-order valence-corrected chi connectivity index (χ1v) is 9.68. The van der Waals surface area contributed by atoms with E-state index in [1.165, 1.54) is 10.9 Å². The zero-order chi connectivity index (χ0) is 19.7. The Morgan fingerprint density at radius 2 is 1.96 bits per heavy atom. The monoisotopic (exact) mass is 393 g/mol. The Morgan fingerprint density at radius 3 is 2.75 bits per heavy atom.